The van der Waals surface area contributed by atoms with Gasteiger partial charge in [0.2, 0.25) is 5.91 Å². The average molecular weight is 315 g/mol. The Balaban J connectivity index is 1.80. The zero-order chi connectivity index (χ0) is 16.2. The number of ether oxygens (including phenoxy) is 2. The van der Waals surface area contributed by atoms with Crippen LogP contribution < -0.4 is 9.47 Å². The third-order valence-corrected chi connectivity index (χ3v) is 4.92. The first-order valence-corrected chi connectivity index (χ1v) is 8.41. The Hall–Kier alpha value is -1.97. The molecule has 0 saturated carbocycles. The van der Waals surface area contributed by atoms with Crippen molar-refractivity contribution >= 4 is 5.91 Å². The van der Waals surface area contributed by atoms with E-state index < -0.39 is 0 Å². The van der Waals surface area contributed by atoms with Crippen molar-refractivity contribution in [1.82, 2.24) is 4.90 Å². The number of hydrogen-bond donors (Lipinski definition) is 0. The fourth-order valence-corrected chi connectivity index (χ4v) is 3.70. The van der Waals surface area contributed by atoms with Gasteiger partial charge >= 0.3 is 0 Å². The Morgan fingerprint density at radius 1 is 1.26 bits per heavy atom. The molecule has 0 unspecified atom stereocenters. The molecule has 0 radical (unpaired) electrons. The van der Waals surface area contributed by atoms with Crippen molar-refractivity contribution in [2.75, 3.05) is 20.8 Å². The lowest BCUT2D eigenvalue weighted by molar-refractivity contribution is -0.132. The summed E-state index contributed by atoms with van der Waals surface area (Å²) in [5.74, 6) is 2.31. The Kier molecular flexibility index (Phi) is 4.89. The molecule has 124 valence electrons. The van der Waals surface area contributed by atoms with Gasteiger partial charge in [-0.25, -0.2) is 0 Å². The van der Waals surface area contributed by atoms with Crippen LogP contribution in [0.25, 0.3) is 0 Å². The first-order valence-electron chi connectivity index (χ1n) is 8.41. The van der Waals surface area contributed by atoms with Crippen molar-refractivity contribution in [3.05, 3.63) is 35.9 Å². The molecule has 1 fully saturated rings. The molecule has 0 aromatic heterocycles. The minimum absolute atomic E-state index is 0.0953. The van der Waals surface area contributed by atoms with Gasteiger partial charge in [0.05, 0.1) is 20.3 Å². The van der Waals surface area contributed by atoms with Crippen molar-refractivity contribution in [2.45, 2.75) is 38.1 Å². The summed E-state index contributed by atoms with van der Waals surface area (Å²) >= 11 is 0. The van der Waals surface area contributed by atoms with Gasteiger partial charge in [0.1, 0.15) is 11.5 Å². The average Bonchev–Trinajstić information content (AvgIpc) is 3.25. The zero-order valence-electron chi connectivity index (χ0n) is 14.0. The molecule has 23 heavy (non-hydrogen) atoms. The van der Waals surface area contributed by atoms with Crippen LogP contribution in [0.3, 0.4) is 0 Å². The number of benzene rings is 1. The molecule has 1 aromatic rings. The van der Waals surface area contributed by atoms with Gasteiger partial charge in [-0.1, -0.05) is 12.2 Å². The van der Waals surface area contributed by atoms with Crippen LogP contribution in [0.15, 0.2) is 30.4 Å². The van der Waals surface area contributed by atoms with Gasteiger partial charge in [0.15, 0.2) is 0 Å². The zero-order valence-corrected chi connectivity index (χ0v) is 14.0. The molecule has 1 aromatic carbocycles. The molecule has 4 nitrogen and oxygen atoms in total. The first-order chi connectivity index (χ1) is 11.2. The van der Waals surface area contributed by atoms with Crippen LogP contribution in [0.2, 0.25) is 0 Å². The van der Waals surface area contributed by atoms with Crippen molar-refractivity contribution in [3.63, 3.8) is 0 Å². The molecule has 1 saturated heterocycles. The molecule has 0 bridgehead atoms. The van der Waals surface area contributed by atoms with E-state index in [1.165, 1.54) is 0 Å². The largest absolute Gasteiger partial charge is 0.497 e. The van der Waals surface area contributed by atoms with E-state index in [-0.39, 0.29) is 11.9 Å². The van der Waals surface area contributed by atoms with Gasteiger partial charge in [-0.05, 0) is 49.8 Å². The maximum Gasteiger partial charge on any atom is 0.223 e. The Bertz CT molecular complexity index is 596. The quantitative estimate of drug-likeness (QED) is 0.777. The molecular weight excluding hydrogens is 290 g/mol. The molecule has 1 aliphatic carbocycles. The lowest BCUT2D eigenvalue weighted by atomic mass is 10.0. The highest BCUT2D eigenvalue weighted by Gasteiger charge is 2.32. The second kappa shape index (κ2) is 7.07. The lowest BCUT2D eigenvalue weighted by Gasteiger charge is -2.27. The fraction of sp³-hybridized carbons (Fsp3) is 0.526. The van der Waals surface area contributed by atoms with Gasteiger partial charge in [-0.2, -0.15) is 0 Å². The summed E-state index contributed by atoms with van der Waals surface area (Å²) in [5, 5.41) is 0. The molecule has 1 aliphatic heterocycles. The number of likely N-dealkylation sites (tertiary alicyclic amines) is 1. The van der Waals surface area contributed by atoms with Crippen LogP contribution in [0.4, 0.5) is 0 Å². The van der Waals surface area contributed by atoms with Crippen LogP contribution in [-0.2, 0) is 4.79 Å². The number of nitrogens with zero attached hydrogens (tertiary/aromatic N) is 1. The lowest BCUT2D eigenvalue weighted by Crippen LogP contribution is -2.31. The number of methoxy groups -OCH3 is 2. The SMILES string of the molecule is COc1ccc(OC)c([C@@H]2CCCN2C(=O)C[C@H]2C=CCC2)c1. The first kappa shape index (κ1) is 15.9. The molecule has 2 atom stereocenters. The third kappa shape index (κ3) is 3.36. The predicted octanol–water partition coefficient (Wildman–Crippen LogP) is 3.72. The second-order valence-electron chi connectivity index (χ2n) is 6.32. The van der Waals surface area contributed by atoms with Gasteiger partial charge in [-0.15, -0.1) is 0 Å². The Labute approximate surface area is 138 Å². The van der Waals surface area contributed by atoms with Gasteiger partial charge < -0.3 is 14.4 Å². The summed E-state index contributed by atoms with van der Waals surface area (Å²) in [6.45, 7) is 0.834. The maximum atomic E-state index is 12.8. The van der Waals surface area contributed by atoms with Crippen LogP contribution in [0, 0.1) is 5.92 Å². The minimum Gasteiger partial charge on any atom is -0.497 e. The van der Waals surface area contributed by atoms with Crippen LogP contribution in [0.5, 0.6) is 11.5 Å². The van der Waals surface area contributed by atoms with E-state index in [0.717, 1.165) is 49.3 Å². The minimum atomic E-state index is 0.0953. The second-order valence-corrected chi connectivity index (χ2v) is 6.32. The summed E-state index contributed by atoms with van der Waals surface area (Å²) in [4.78, 5) is 14.8. The summed E-state index contributed by atoms with van der Waals surface area (Å²) in [7, 11) is 3.34. The summed E-state index contributed by atoms with van der Waals surface area (Å²) in [6.07, 6.45) is 9.23. The number of rotatable bonds is 5. The number of amides is 1. The number of carbonyl (C=O) groups excluding carboxylic acids is 1. The van der Waals surface area contributed by atoms with Gasteiger partial charge in [0, 0.05) is 18.5 Å². The predicted molar refractivity (Wildman–Crippen MR) is 89.7 cm³/mol. The monoisotopic (exact) mass is 315 g/mol. The number of hydrogen-bond acceptors (Lipinski definition) is 3. The molecule has 2 aliphatic rings. The summed E-state index contributed by atoms with van der Waals surface area (Å²) in [5.41, 5.74) is 1.06. The van der Waals surface area contributed by atoms with E-state index in [1.54, 1.807) is 14.2 Å². The molecule has 3 rings (SSSR count). The molecule has 1 heterocycles. The fourth-order valence-electron chi connectivity index (χ4n) is 3.70. The van der Waals surface area contributed by atoms with Crippen molar-refractivity contribution in [2.24, 2.45) is 5.92 Å². The van der Waals surface area contributed by atoms with E-state index in [1.807, 2.05) is 23.1 Å². The number of carbonyl (C=O) groups is 1. The van der Waals surface area contributed by atoms with E-state index in [4.69, 9.17) is 9.47 Å². The van der Waals surface area contributed by atoms with Gasteiger partial charge in [0.25, 0.3) is 0 Å². The number of allylic oxidation sites excluding steroid dienone is 2. The summed E-state index contributed by atoms with van der Waals surface area (Å²) < 4.78 is 10.9. The van der Waals surface area contributed by atoms with Crippen LogP contribution >= 0.6 is 0 Å². The van der Waals surface area contributed by atoms with Crippen molar-refractivity contribution in [3.8, 4) is 11.5 Å². The highest BCUT2D eigenvalue weighted by atomic mass is 16.5. The highest BCUT2D eigenvalue weighted by Crippen LogP contribution is 2.39. The maximum absolute atomic E-state index is 12.8. The molecule has 0 N–H and O–H groups in total. The van der Waals surface area contributed by atoms with E-state index >= 15 is 0 Å². The normalized spacial score (nSPS) is 23.3. The molecular formula is C19H25NO3. The van der Waals surface area contributed by atoms with Gasteiger partial charge in [-0.3, -0.25) is 4.79 Å². The van der Waals surface area contributed by atoms with Crippen molar-refractivity contribution in [1.29, 1.82) is 0 Å². The van der Waals surface area contributed by atoms with Crippen LogP contribution in [-0.4, -0.2) is 31.6 Å². The van der Waals surface area contributed by atoms with Crippen LogP contribution in [0.1, 0.15) is 43.7 Å². The standard InChI is InChI=1S/C19H25NO3/c1-22-15-9-10-18(23-2)16(13-15)17-8-5-11-20(17)19(21)12-14-6-3-4-7-14/h3,6,9-10,13-14,17H,4-5,7-8,11-12H2,1-2H3/t14-,17-/m0/s1. The topological polar surface area (TPSA) is 38.8 Å². The van der Waals surface area contributed by atoms with Crippen molar-refractivity contribution < 1.29 is 14.3 Å². The Morgan fingerprint density at radius 3 is 2.83 bits per heavy atom. The molecule has 0 spiro atoms. The smallest absolute Gasteiger partial charge is 0.223 e. The Morgan fingerprint density at radius 2 is 2.13 bits per heavy atom. The van der Waals surface area contributed by atoms with E-state index in [2.05, 4.69) is 12.2 Å². The molecule has 1 amide bonds. The van der Waals surface area contributed by atoms with E-state index in [0.29, 0.717) is 12.3 Å². The highest BCUT2D eigenvalue weighted by molar-refractivity contribution is 5.77. The van der Waals surface area contributed by atoms with E-state index in [9.17, 15) is 4.79 Å². The molecule has 4 heteroatoms. The summed E-state index contributed by atoms with van der Waals surface area (Å²) in [6, 6.07) is 5.92. The third-order valence-electron chi connectivity index (χ3n) is 4.92.